The van der Waals surface area contributed by atoms with E-state index < -0.39 is 0 Å². The van der Waals surface area contributed by atoms with Crippen LogP contribution in [-0.4, -0.2) is 24.6 Å². The molecule has 0 aromatic heterocycles. The fraction of sp³-hybridized carbons (Fsp3) is 0.533. The fourth-order valence-corrected chi connectivity index (χ4v) is 2.25. The largest absolute Gasteiger partial charge is 0.490 e. The molecule has 0 radical (unpaired) electrons. The summed E-state index contributed by atoms with van der Waals surface area (Å²) in [7, 11) is 0. The number of carbonyl (C=O) groups excluding carboxylic acids is 1. The van der Waals surface area contributed by atoms with Gasteiger partial charge >= 0.3 is 0 Å². The standard InChI is InChI=1S/C15H20O3/c1-10(2)18-14-7-5-4-6-13(14)15(16)12-8-11(3)17-9-12/h4-7,10-12H,8-9H2,1-3H3. The third-order valence-electron chi connectivity index (χ3n) is 3.08. The molecule has 3 heteroatoms. The first-order chi connectivity index (χ1) is 8.58. The van der Waals surface area contributed by atoms with Gasteiger partial charge in [-0.1, -0.05) is 12.1 Å². The second-order valence-corrected chi connectivity index (χ2v) is 5.10. The molecule has 0 amide bonds. The second kappa shape index (κ2) is 5.53. The molecule has 3 nitrogen and oxygen atoms in total. The number of ketones is 1. The van der Waals surface area contributed by atoms with Crippen LogP contribution >= 0.6 is 0 Å². The molecule has 0 aliphatic carbocycles. The van der Waals surface area contributed by atoms with Gasteiger partial charge in [0, 0.05) is 5.92 Å². The van der Waals surface area contributed by atoms with Crippen molar-refractivity contribution in [3.8, 4) is 5.75 Å². The van der Waals surface area contributed by atoms with Crippen LogP contribution in [-0.2, 0) is 4.74 Å². The monoisotopic (exact) mass is 248 g/mol. The molecule has 1 aromatic rings. The maximum atomic E-state index is 12.4. The van der Waals surface area contributed by atoms with Crippen LogP contribution in [0.5, 0.6) is 5.75 Å². The summed E-state index contributed by atoms with van der Waals surface area (Å²) < 4.78 is 11.2. The Labute approximate surface area is 108 Å². The highest BCUT2D eigenvalue weighted by Gasteiger charge is 2.30. The van der Waals surface area contributed by atoms with Crippen molar-refractivity contribution in [2.24, 2.45) is 5.92 Å². The molecule has 0 bridgehead atoms. The number of hydrogen-bond acceptors (Lipinski definition) is 3. The average molecular weight is 248 g/mol. The lowest BCUT2D eigenvalue weighted by Crippen LogP contribution is -2.17. The zero-order valence-electron chi connectivity index (χ0n) is 11.2. The summed E-state index contributed by atoms with van der Waals surface area (Å²) in [5.74, 6) is 0.782. The first kappa shape index (κ1) is 13.1. The molecule has 1 aromatic carbocycles. The summed E-state index contributed by atoms with van der Waals surface area (Å²) in [4.78, 5) is 12.4. The summed E-state index contributed by atoms with van der Waals surface area (Å²) in [6, 6.07) is 7.46. The minimum atomic E-state index is -0.0306. The van der Waals surface area contributed by atoms with Gasteiger partial charge in [0.15, 0.2) is 5.78 Å². The molecule has 0 spiro atoms. The SMILES string of the molecule is CC(C)Oc1ccccc1C(=O)C1COC(C)C1. The number of benzene rings is 1. The predicted molar refractivity (Wildman–Crippen MR) is 70.1 cm³/mol. The molecule has 0 saturated carbocycles. The van der Waals surface area contributed by atoms with E-state index in [2.05, 4.69) is 0 Å². The van der Waals surface area contributed by atoms with Gasteiger partial charge < -0.3 is 9.47 Å². The number of Topliss-reactive ketones (excluding diaryl/α,β-unsaturated/α-hetero) is 1. The molecular formula is C15H20O3. The summed E-state index contributed by atoms with van der Waals surface area (Å²) >= 11 is 0. The zero-order valence-corrected chi connectivity index (χ0v) is 11.2. The van der Waals surface area contributed by atoms with Crippen molar-refractivity contribution in [2.45, 2.75) is 39.4 Å². The average Bonchev–Trinajstić information content (AvgIpc) is 2.75. The lowest BCUT2D eigenvalue weighted by Gasteiger charge is -2.15. The number of para-hydroxylation sites is 1. The highest BCUT2D eigenvalue weighted by Crippen LogP contribution is 2.28. The van der Waals surface area contributed by atoms with Gasteiger partial charge in [-0.05, 0) is 39.3 Å². The molecule has 2 unspecified atom stereocenters. The summed E-state index contributed by atoms with van der Waals surface area (Å²) in [6.07, 6.45) is 1.05. The van der Waals surface area contributed by atoms with Gasteiger partial charge in [0.25, 0.3) is 0 Å². The van der Waals surface area contributed by atoms with E-state index in [1.54, 1.807) is 0 Å². The first-order valence-electron chi connectivity index (χ1n) is 6.49. The number of ether oxygens (including phenoxy) is 2. The Morgan fingerprint density at radius 3 is 2.72 bits per heavy atom. The van der Waals surface area contributed by atoms with Crippen molar-refractivity contribution in [2.75, 3.05) is 6.61 Å². The van der Waals surface area contributed by atoms with Gasteiger partial charge in [-0.15, -0.1) is 0 Å². The zero-order chi connectivity index (χ0) is 13.1. The fourth-order valence-electron chi connectivity index (χ4n) is 2.25. The lowest BCUT2D eigenvalue weighted by atomic mass is 9.95. The third kappa shape index (κ3) is 2.91. The Bertz CT molecular complexity index is 426. The summed E-state index contributed by atoms with van der Waals surface area (Å²) in [6.45, 7) is 6.45. The summed E-state index contributed by atoms with van der Waals surface area (Å²) in [5, 5.41) is 0. The summed E-state index contributed by atoms with van der Waals surface area (Å²) in [5.41, 5.74) is 0.675. The molecule has 0 N–H and O–H groups in total. The van der Waals surface area contributed by atoms with E-state index in [1.807, 2.05) is 45.0 Å². The van der Waals surface area contributed by atoms with Crippen LogP contribution in [0.4, 0.5) is 0 Å². The predicted octanol–water partition coefficient (Wildman–Crippen LogP) is 3.08. The van der Waals surface area contributed by atoms with Crippen LogP contribution < -0.4 is 4.74 Å². The lowest BCUT2D eigenvalue weighted by molar-refractivity contribution is 0.0872. The van der Waals surface area contributed by atoms with E-state index in [-0.39, 0.29) is 23.9 Å². The van der Waals surface area contributed by atoms with E-state index in [0.717, 1.165) is 6.42 Å². The molecule has 18 heavy (non-hydrogen) atoms. The minimum Gasteiger partial charge on any atom is -0.490 e. The number of hydrogen-bond donors (Lipinski definition) is 0. The van der Waals surface area contributed by atoms with Gasteiger partial charge in [-0.2, -0.15) is 0 Å². The highest BCUT2D eigenvalue weighted by molar-refractivity contribution is 6.00. The van der Waals surface area contributed by atoms with Gasteiger partial charge in [-0.25, -0.2) is 0 Å². The van der Waals surface area contributed by atoms with Crippen LogP contribution in [0.15, 0.2) is 24.3 Å². The highest BCUT2D eigenvalue weighted by atomic mass is 16.5. The normalized spacial score (nSPS) is 23.3. The van der Waals surface area contributed by atoms with Crippen LogP contribution in [0.3, 0.4) is 0 Å². The van der Waals surface area contributed by atoms with Gasteiger partial charge in [-0.3, -0.25) is 4.79 Å². The Morgan fingerprint density at radius 2 is 2.11 bits per heavy atom. The maximum Gasteiger partial charge on any atom is 0.172 e. The van der Waals surface area contributed by atoms with Crippen LogP contribution in [0.1, 0.15) is 37.6 Å². The van der Waals surface area contributed by atoms with E-state index in [4.69, 9.17) is 9.47 Å². The van der Waals surface area contributed by atoms with Crippen LogP contribution in [0.25, 0.3) is 0 Å². The Kier molecular flexibility index (Phi) is 4.02. The molecule has 1 aliphatic heterocycles. The Morgan fingerprint density at radius 1 is 1.39 bits per heavy atom. The molecule has 1 fully saturated rings. The maximum absolute atomic E-state index is 12.4. The van der Waals surface area contributed by atoms with Gasteiger partial charge in [0.2, 0.25) is 0 Å². The molecule has 98 valence electrons. The minimum absolute atomic E-state index is 0.0306. The number of rotatable bonds is 4. The Hall–Kier alpha value is -1.35. The molecular weight excluding hydrogens is 228 g/mol. The van der Waals surface area contributed by atoms with Crippen molar-refractivity contribution in [1.29, 1.82) is 0 Å². The molecule has 2 rings (SSSR count). The van der Waals surface area contributed by atoms with Gasteiger partial charge in [0.1, 0.15) is 5.75 Å². The third-order valence-corrected chi connectivity index (χ3v) is 3.08. The quantitative estimate of drug-likeness (QED) is 0.768. The molecule has 2 atom stereocenters. The Balaban J connectivity index is 2.19. The number of carbonyl (C=O) groups is 1. The van der Waals surface area contributed by atoms with Crippen LogP contribution in [0.2, 0.25) is 0 Å². The van der Waals surface area contributed by atoms with Crippen molar-refractivity contribution in [3.05, 3.63) is 29.8 Å². The van der Waals surface area contributed by atoms with E-state index >= 15 is 0 Å². The van der Waals surface area contributed by atoms with E-state index in [1.165, 1.54) is 0 Å². The van der Waals surface area contributed by atoms with Crippen molar-refractivity contribution in [1.82, 2.24) is 0 Å². The van der Waals surface area contributed by atoms with Crippen molar-refractivity contribution < 1.29 is 14.3 Å². The van der Waals surface area contributed by atoms with Crippen molar-refractivity contribution in [3.63, 3.8) is 0 Å². The van der Waals surface area contributed by atoms with Crippen molar-refractivity contribution >= 4 is 5.78 Å². The first-order valence-corrected chi connectivity index (χ1v) is 6.49. The molecule has 1 heterocycles. The van der Waals surface area contributed by atoms with E-state index in [0.29, 0.717) is 17.9 Å². The molecule has 1 aliphatic rings. The van der Waals surface area contributed by atoms with Crippen LogP contribution in [0, 0.1) is 5.92 Å². The topological polar surface area (TPSA) is 35.5 Å². The second-order valence-electron chi connectivity index (χ2n) is 5.10. The molecule has 1 saturated heterocycles. The van der Waals surface area contributed by atoms with E-state index in [9.17, 15) is 4.79 Å². The van der Waals surface area contributed by atoms with Gasteiger partial charge in [0.05, 0.1) is 24.4 Å². The smallest absolute Gasteiger partial charge is 0.172 e.